The van der Waals surface area contributed by atoms with Gasteiger partial charge in [-0.3, -0.25) is 9.13 Å². The van der Waals surface area contributed by atoms with E-state index in [9.17, 15) is 9.59 Å². The number of likely N-dealkylation sites (N-methyl/N-ethyl adjacent to an activating group) is 1. The van der Waals surface area contributed by atoms with Crippen LogP contribution >= 0.6 is 0 Å². The van der Waals surface area contributed by atoms with Crippen LogP contribution in [0.1, 0.15) is 25.3 Å². The largest absolute Gasteiger partial charge is 0.490 e. The fourth-order valence-electron chi connectivity index (χ4n) is 5.54. The van der Waals surface area contributed by atoms with Crippen molar-refractivity contribution in [2.75, 3.05) is 37.5 Å². The predicted octanol–water partition coefficient (Wildman–Crippen LogP) is 3.82. The maximum absolute atomic E-state index is 13.2. The minimum Gasteiger partial charge on any atom is -0.490 e. The van der Waals surface area contributed by atoms with Crippen molar-refractivity contribution in [1.29, 1.82) is 0 Å². The molecule has 1 amide bonds. The number of fused-ring (bicyclic) bond motifs is 2. The summed E-state index contributed by atoms with van der Waals surface area (Å²) >= 11 is 0. The van der Waals surface area contributed by atoms with Gasteiger partial charge in [0.15, 0.2) is 0 Å². The van der Waals surface area contributed by atoms with Crippen LogP contribution in [0.5, 0.6) is 5.75 Å². The zero-order chi connectivity index (χ0) is 27.1. The highest BCUT2D eigenvalue weighted by Gasteiger charge is 2.30. The van der Waals surface area contributed by atoms with Gasteiger partial charge < -0.3 is 25.0 Å². The van der Waals surface area contributed by atoms with Gasteiger partial charge in [0.05, 0.1) is 42.3 Å². The van der Waals surface area contributed by atoms with Crippen molar-refractivity contribution in [3.8, 4) is 17.0 Å². The van der Waals surface area contributed by atoms with Crippen LogP contribution in [0, 0.1) is 0 Å². The first kappa shape index (κ1) is 24.8. The molecule has 2 atom stereocenters. The second kappa shape index (κ2) is 9.97. The lowest BCUT2D eigenvalue weighted by molar-refractivity contribution is 0.166. The number of hydrogen-bond donors (Lipinski definition) is 2. The zero-order valence-electron chi connectivity index (χ0n) is 22.2. The second-order valence-corrected chi connectivity index (χ2v) is 10.1. The lowest BCUT2D eigenvalue weighted by atomic mass is 10.1. The molecule has 4 aromatic rings. The van der Waals surface area contributed by atoms with E-state index in [1.807, 2.05) is 41.0 Å². The SMILES string of the molecule is COC(=O)N[C@@H]1CC[C@@H](n2c(=O)n(C)c3cnc(Nc4cccc(-c5ccc6c(c5)OCCN6C)n4)cc32)C1. The van der Waals surface area contributed by atoms with Gasteiger partial charge in [-0.1, -0.05) is 12.1 Å². The lowest BCUT2D eigenvalue weighted by Crippen LogP contribution is -2.33. The summed E-state index contributed by atoms with van der Waals surface area (Å²) in [5.41, 5.74) is 4.27. The highest BCUT2D eigenvalue weighted by molar-refractivity contribution is 5.79. The third-order valence-electron chi connectivity index (χ3n) is 7.61. The van der Waals surface area contributed by atoms with Crippen LogP contribution in [0.15, 0.2) is 53.5 Å². The standard InChI is InChI=1S/C28H31N7O4/c1-33-11-12-39-24-13-17(7-10-21(24)33)20-5-4-6-25(31-20)32-26-15-22-23(16-29-26)34(2)28(37)35(22)19-9-8-18(14-19)30-27(36)38-3/h4-7,10,13,15-16,18-19H,8-9,11-12,14H2,1-3H3,(H,30,36)(H,29,31,32)/t18-,19-/m1/s1. The van der Waals surface area contributed by atoms with Gasteiger partial charge in [0.1, 0.15) is 24.0 Å². The molecule has 2 N–H and O–H groups in total. The fourth-order valence-corrected chi connectivity index (χ4v) is 5.54. The molecular formula is C28H31N7O4. The number of anilines is 3. The summed E-state index contributed by atoms with van der Waals surface area (Å²) in [4.78, 5) is 36.4. The number of nitrogens with zero attached hydrogens (tertiary/aromatic N) is 5. The molecule has 0 radical (unpaired) electrons. The van der Waals surface area contributed by atoms with Crippen molar-refractivity contribution in [3.63, 3.8) is 0 Å². The summed E-state index contributed by atoms with van der Waals surface area (Å²) in [6, 6.07) is 13.7. The smallest absolute Gasteiger partial charge is 0.407 e. The Kier molecular flexibility index (Phi) is 6.34. The summed E-state index contributed by atoms with van der Waals surface area (Å²) in [6.07, 6.45) is 3.47. The quantitative estimate of drug-likeness (QED) is 0.401. The molecule has 202 valence electrons. The van der Waals surface area contributed by atoms with Crippen LogP contribution in [0.3, 0.4) is 0 Å². The molecule has 1 aliphatic carbocycles. The zero-order valence-corrected chi connectivity index (χ0v) is 22.2. The van der Waals surface area contributed by atoms with Gasteiger partial charge in [-0.05, 0) is 43.5 Å². The van der Waals surface area contributed by atoms with Crippen molar-refractivity contribution in [1.82, 2.24) is 24.4 Å². The number of hydrogen-bond acceptors (Lipinski definition) is 8. The number of carbonyl (C=O) groups excluding carboxylic acids is 1. The third kappa shape index (κ3) is 4.64. The van der Waals surface area contributed by atoms with Crippen LogP contribution in [-0.4, -0.2) is 58.5 Å². The Balaban J connectivity index is 1.27. The Morgan fingerprint density at radius 1 is 1.10 bits per heavy atom. The van der Waals surface area contributed by atoms with Gasteiger partial charge in [-0.25, -0.2) is 19.6 Å². The number of pyridine rings is 2. The number of rotatable bonds is 5. The molecule has 0 spiro atoms. The molecule has 0 bridgehead atoms. The number of imidazole rings is 1. The Morgan fingerprint density at radius 3 is 2.82 bits per heavy atom. The number of alkyl carbamates (subject to hydrolysis) is 1. The molecule has 0 saturated heterocycles. The van der Waals surface area contributed by atoms with E-state index in [1.165, 1.54) is 7.11 Å². The topological polar surface area (TPSA) is 116 Å². The number of benzene rings is 1. The van der Waals surface area contributed by atoms with Crippen molar-refractivity contribution in [3.05, 3.63) is 59.1 Å². The van der Waals surface area contributed by atoms with Crippen molar-refractivity contribution < 1.29 is 14.3 Å². The summed E-state index contributed by atoms with van der Waals surface area (Å²) in [7, 11) is 5.16. The van der Waals surface area contributed by atoms with Crippen LogP contribution in [0.25, 0.3) is 22.3 Å². The monoisotopic (exact) mass is 529 g/mol. The number of nitrogens with one attached hydrogen (secondary N) is 2. The van der Waals surface area contributed by atoms with Crippen LogP contribution in [-0.2, 0) is 11.8 Å². The van der Waals surface area contributed by atoms with E-state index in [-0.39, 0.29) is 17.8 Å². The predicted molar refractivity (Wildman–Crippen MR) is 149 cm³/mol. The molecule has 2 aliphatic rings. The van der Waals surface area contributed by atoms with Gasteiger partial charge in [-0.2, -0.15) is 0 Å². The van der Waals surface area contributed by atoms with Gasteiger partial charge >= 0.3 is 11.8 Å². The Bertz CT molecular complexity index is 1610. The van der Waals surface area contributed by atoms with Gasteiger partial charge in [0.25, 0.3) is 0 Å². The molecule has 4 heterocycles. The Hall–Kier alpha value is -4.54. The van der Waals surface area contributed by atoms with E-state index in [0.29, 0.717) is 24.7 Å². The van der Waals surface area contributed by atoms with Crippen molar-refractivity contribution >= 4 is 34.4 Å². The molecule has 1 aromatic carbocycles. The average Bonchev–Trinajstić information content (AvgIpc) is 3.49. The van der Waals surface area contributed by atoms with E-state index in [4.69, 9.17) is 14.5 Å². The van der Waals surface area contributed by atoms with E-state index in [2.05, 4.69) is 33.6 Å². The minimum atomic E-state index is -0.452. The lowest BCUT2D eigenvalue weighted by Gasteiger charge is -2.27. The maximum Gasteiger partial charge on any atom is 0.407 e. The van der Waals surface area contributed by atoms with Crippen LogP contribution in [0.4, 0.5) is 22.1 Å². The first-order chi connectivity index (χ1) is 18.9. The summed E-state index contributed by atoms with van der Waals surface area (Å²) in [5, 5.41) is 6.16. The number of amides is 1. The Labute approximate surface area is 225 Å². The van der Waals surface area contributed by atoms with Crippen LogP contribution in [0.2, 0.25) is 0 Å². The van der Waals surface area contributed by atoms with Crippen LogP contribution < -0.4 is 26.0 Å². The highest BCUT2D eigenvalue weighted by atomic mass is 16.5. The van der Waals surface area contributed by atoms with Crippen molar-refractivity contribution in [2.45, 2.75) is 31.3 Å². The first-order valence-electron chi connectivity index (χ1n) is 13.0. The van der Waals surface area contributed by atoms with E-state index in [1.54, 1.807) is 17.8 Å². The summed E-state index contributed by atoms with van der Waals surface area (Å²) < 4.78 is 14.0. The number of ether oxygens (including phenoxy) is 2. The minimum absolute atomic E-state index is 0.0367. The highest BCUT2D eigenvalue weighted by Crippen LogP contribution is 2.35. The molecule has 3 aromatic heterocycles. The summed E-state index contributed by atoms with van der Waals surface area (Å²) in [5.74, 6) is 2.08. The number of carbonyl (C=O) groups is 1. The van der Waals surface area contributed by atoms with Crippen molar-refractivity contribution in [2.24, 2.45) is 7.05 Å². The molecular weight excluding hydrogens is 498 g/mol. The van der Waals surface area contributed by atoms with Gasteiger partial charge in [0, 0.05) is 37.8 Å². The summed E-state index contributed by atoms with van der Waals surface area (Å²) in [6.45, 7) is 1.52. The molecule has 1 aliphatic heterocycles. The molecule has 11 nitrogen and oxygen atoms in total. The number of aryl methyl sites for hydroxylation is 1. The molecule has 0 unspecified atom stereocenters. The first-order valence-corrected chi connectivity index (χ1v) is 13.0. The molecule has 39 heavy (non-hydrogen) atoms. The molecule has 11 heteroatoms. The second-order valence-electron chi connectivity index (χ2n) is 10.1. The van der Waals surface area contributed by atoms with E-state index >= 15 is 0 Å². The van der Waals surface area contributed by atoms with Gasteiger partial charge in [0.2, 0.25) is 0 Å². The average molecular weight is 530 g/mol. The Morgan fingerprint density at radius 2 is 1.97 bits per heavy atom. The normalized spacial score (nSPS) is 18.5. The van der Waals surface area contributed by atoms with E-state index < -0.39 is 6.09 Å². The van der Waals surface area contributed by atoms with Gasteiger partial charge in [-0.15, -0.1) is 0 Å². The number of aromatic nitrogens is 4. The number of methoxy groups -OCH3 is 1. The molecule has 1 fully saturated rings. The van der Waals surface area contributed by atoms with E-state index in [0.717, 1.165) is 53.1 Å². The maximum atomic E-state index is 13.2. The fraction of sp³-hybridized carbons (Fsp3) is 0.357. The third-order valence-corrected chi connectivity index (χ3v) is 7.61. The molecule has 6 rings (SSSR count). The molecule has 1 saturated carbocycles.